The van der Waals surface area contributed by atoms with Crippen molar-refractivity contribution in [1.82, 2.24) is 4.90 Å². The van der Waals surface area contributed by atoms with Crippen LogP contribution >= 0.6 is 0 Å². The average molecular weight is 435 g/mol. The highest BCUT2D eigenvalue weighted by Crippen LogP contribution is 2.29. The molecule has 6 heteroatoms. The zero-order valence-corrected chi connectivity index (χ0v) is 18.1. The van der Waals surface area contributed by atoms with Crippen LogP contribution in [0.25, 0.3) is 0 Å². The van der Waals surface area contributed by atoms with Gasteiger partial charge in [-0.25, -0.2) is 4.39 Å². The summed E-state index contributed by atoms with van der Waals surface area (Å²) in [5.74, 6) is 0.442. The van der Waals surface area contributed by atoms with E-state index < -0.39 is 0 Å². The van der Waals surface area contributed by atoms with E-state index in [9.17, 15) is 14.3 Å². The van der Waals surface area contributed by atoms with Crippen molar-refractivity contribution in [3.8, 4) is 11.5 Å². The lowest BCUT2D eigenvalue weighted by Crippen LogP contribution is -2.47. The summed E-state index contributed by atoms with van der Waals surface area (Å²) < 4.78 is 18.8. The van der Waals surface area contributed by atoms with Gasteiger partial charge in [0.25, 0.3) is 5.91 Å². The molecule has 0 saturated carbocycles. The molecule has 0 spiro atoms. The fourth-order valence-corrected chi connectivity index (χ4v) is 4.18. The Balaban J connectivity index is 1.53. The summed E-state index contributed by atoms with van der Waals surface area (Å²) >= 11 is 0. The van der Waals surface area contributed by atoms with Gasteiger partial charge in [0.1, 0.15) is 17.3 Å². The van der Waals surface area contributed by atoms with Gasteiger partial charge in [-0.3, -0.25) is 9.69 Å². The van der Waals surface area contributed by atoms with Crippen molar-refractivity contribution in [2.45, 2.75) is 25.4 Å². The molecule has 1 fully saturated rings. The number of piperidine rings is 1. The van der Waals surface area contributed by atoms with E-state index in [4.69, 9.17) is 4.74 Å². The Morgan fingerprint density at radius 1 is 1.06 bits per heavy atom. The highest BCUT2D eigenvalue weighted by molar-refractivity contribution is 6.06. The molecule has 1 amide bonds. The molecule has 0 aliphatic carbocycles. The van der Waals surface area contributed by atoms with Crippen LogP contribution in [0.3, 0.4) is 0 Å². The number of ether oxygens (including phenoxy) is 1. The number of carbonyl (C=O) groups is 1. The number of phenolic OH excluding ortho intramolecular Hbond substituents is 1. The van der Waals surface area contributed by atoms with E-state index in [1.807, 2.05) is 41.3 Å². The van der Waals surface area contributed by atoms with E-state index >= 15 is 0 Å². The number of phenols is 1. The van der Waals surface area contributed by atoms with Crippen molar-refractivity contribution in [2.24, 2.45) is 0 Å². The first-order valence-corrected chi connectivity index (χ1v) is 10.8. The Kier molecular flexibility index (Phi) is 6.71. The van der Waals surface area contributed by atoms with Gasteiger partial charge in [0.2, 0.25) is 0 Å². The van der Waals surface area contributed by atoms with E-state index in [0.717, 1.165) is 43.7 Å². The second-order valence-electron chi connectivity index (χ2n) is 8.06. The number of aromatic hydroxyl groups is 1. The third-order valence-corrected chi connectivity index (χ3v) is 5.91. The molecule has 1 heterocycles. The van der Waals surface area contributed by atoms with Crippen LogP contribution in [-0.2, 0) is 6.54 Å². The van der Waals surface area contributed by atoms with Gasteiger partial charge in [-0.2, -0.15) is 0 Å². The number of halogens is 1. The predicted molar refractivity (Wildman–Crippen MR) is 123 cm³/mol. The van der Waals surface area contributed by atoms with Crippen LogP contribution in [0.15, 0.2) is 72.8 Å². The standard InChI is InChI=1S/C26H27FN2O3/c1-32-25-4-2-3-23(17-25)29(26(31)20-7-9-21(27)10-8-20)22-13-15-28(16-14-22)18-19-5-11-24(30)12-6-19/h2-12,17,22,30H,13-16,18H2,1H3. The molecule has 5 nitrogen and oxygen atoms in total. The molecule has 0 radical (unpaired) electrons. The lowest BCUT2D eigenvalue weighted by molar-refractivity contribution is 0.0958. The Morgan fingerprint density at radius 3 is 2.41 bits per heavy atom. The minimum absolute atomic E-state index is 0.0238. The van der Waals surface area contributed by atoms with Crippen molar-refractivity contribution in [1.29, 1.82) is 0 Å². The second-order valence-corrected chi connectivity index (χ2v) is 8.06. The van der Waals surface area contributed by atoms with E-state index in [-0.39, 0.29) is 23.5 Å². The predicted octanol–water partition coefficient (Wildman–Crippen LogP) is 4.85. The SMILES string of the molecule is COc1cccc(N(C(=O)c2ccc(F)cc2)C2CCN(Cc3ccc(O)cc3)CC2)c1. The molecular weight excluding hydrogens is 407 g/mol. The third-order valence-electron chi connectivity index (χ3n) is 5.91. The molecule has 4 rings (SSSR count). The highest BCUT2D eigenvalue weighted by Gasteiger charge is 2.30. The first-order valence-electron chi connectivity index (χ1n) is 10.8. The van der Waals surface area contributed by atoms with Gasteiger partial charge < -0.3 is 14.7 Å². The number of hydrogen-bond donors (Lipinski definition) is 1. The fraction of sp³-hybridized carbons (Fsp3) is 0.269. The molecule has 0 unspecified atom stereocenters. The molecule has 0 aromatic heterocycles. The molecule has 1 aliphatic heterocycles. The normalized spacial score (nSPS) is 14.8. The Morgan fingerprint density at radius 2 is 1.75 bits per heavy atom. The summed E-state index contributed by atoms with van der Waals surface area (Å²) in [6.07, 6.45) is 1.64. The molecule has 0 atom stereocenters. The van der Waals surface area contributed by atoms with Gasteiger partial charge in [0.15, 0.2) is 0 Å². The van der Waals surface area contributed by atoms with Crippen molar-refractivity contribution in [3.63, 3.8) is 0 Å². The zero-order chi connectivity index (χ0) is 22.5. The number of nitrogens with zero attached hydrogens (tertiary/aromatic N) is 2. The van der Waals surface area contributed by atoms with Crippen LogP contribution in [0.2, 0.25) is 0 Å². The minimum atomic E-state index is -0.364. The topological polar surface area (TPSA) is 53.0 Å². The van der Waals surface area contributed by atoms with Crippen LogP contribution in [-0.4, -0.2) is 42.2 Å². The van der Waals surface area contributed by atoms with E-state index in [0.29, 0.717) is 11.3 Å². The maximum absolute atomic E-state index is 13.5. The van der Waals surface area contributed by atoms with E-state index in [1.165, 1.54) is 24.3 Å². The Hall–Kier alpha value is -3.38. The molecule has 1 N–H and O–H groups in total. The van der Waals surface area contributed by atoms with Gasteiger partial charge in [0.05, 0.1) is 7.11 Å². The number of carbonyl (C=O) groups excluding carboxylic acids is 1. The number of amides is 1. The largest absolute Gasteiger partial charge is 0.508 e. The van der Waals surface area contributed by atoms with Gasteiger partial charge in [-0.1, -0.05) is 18.2 Å². The summed E-state index contributed by atoms with van der Waals surface area (Å²) in [6.45, 7) is 2.50. The molecule has 0 bridgehead atoms. The Labute approximate surface area is 187 Å². The number of anilines is 1. The maximum Gasteiger partial charge on any atom is 0.258 e. The summed E-state index contributed by atoms with van der Waals surface area (Å²) in [5, 5.41) is 9.48. The summed E-state index contributed by atoms with van der Waals surface area (Å²) in [6, 6.07) is 20.5. The summed E-state index contributed by atoms with van der Waals surface area (Å²) in [7, 11) is 1.60. The van der Waals surface area contributed by atoms with Crippen LogP contribution in [0.1, 0.15) is 28.8 Å². The lowest BCUT2D eigenvalue weighted by Gasteiger charge is -2.38. The van der Waals surface area contributed by atoms with Gasteiger partial charge in [-0.15, -0.1) is 0 Å². The molecule has 166 valence electrons. The third kappa shape index (κ3) is 5.08. The van der Waals surface area contributed by atoms with Crippen molar-refractivity contribution < 1.29 is 19.0 Å². The van der Waals surface area contributed by atoms with E-state index in [1.54, 1.807) is 19.2 Å². The lowest BCUT2D eigenvalue weighted by atomic mass is 10.00. The summed E-state index contributed by atoms with van der Waals surface area (Å²) in [5.41, 5.74) is 2.38. The molecule has 3 aromatic rings. The minimum Gasteiger partial charge on any atom is -0.508 e. The van der Waals surface area contributed by atoms with Crippen molar-refractivity contribution in [3.05, 3.63) is 89.7 Å². The number of likely N-dealkylation sites (tertiary alicyclic amines) is 1. The molecule has 32 heavy (non-hydrogen) atoms. The van der Waals surface area contributed by atoms with Crippen molar-refractivity contribution in [2.75, 3.05) is 25.1 Å². The molecule has 1 saturated heterocycles. The quantitative estimate of drug-likeness (QED) is 0.603. The first-order chi connectivity index (χ1) is 15.5. The highest BCUT2D eigenvalue weighted by atomic mass is 19.1. The monoisotopic (exact) mass is 434 g/mol. The van der Waals surface area contributed by atoms with Crippen LogP contribution in [0.5, 0.6) is 11.5 Å². The number of hydrogen-bond acceptors (Lipinski definition) is 4. The maximum atomic E-state index is 13.5. The average Bonchev–Trinajstić information content (AvgIpc) is 2.82. The number of methoxy groups -OCH3 is 1. The fourth-order valence-electron chi connectivity index (χ4n) is 4.18. The second kappa shape index (κ2) is 9.83. The molecule has 3 aromatic carbocycles. The van der Waals surface area contributed by atoms with Crippen molar-refractivity contribution >= 4 is 11.6 Å². The number of rotatable bonds is 6. The van der Waals surface area contributed by atoms with Gasteiger partial charge in [-0.05, 0) is 66.9 Å². The Bertz CT molecular complexity index is 1050. The first kappa shape index (κ1) is 21.8. The van der Waals surface area contributed by atoms with Gasteiger partial charge >= 0.3 is 0 Å². The number of benzene rings is 3. The zero-order valence-electron chi connectivity index (χ0n) is 18.1. The van der Waals surface area contributed by atoms with Crippen LogP contribution in [0.4, 0.5) is 10.1 Å². The van der Waals surface area contributed by atoms with E-state index in [2.05, 4.69) is 4.90 Å². The smallest absolute Gasteiger partial charge is 0.258 e. The molecule has 1 aliphatic rings. The molecular formula is C26H27FN2O3. The van der Waals surface area contributed by atoms with Crippen LogP contribution in [0, 0.1) is 5.82 Å². The summed E-state index contributed by atoms with van der Waals surface area (Å²) in [4.78, 5) is 17.7. The van der Waals surface area contributed by atoms with Gasteiger partial charge in [0, 0.05) is 43.0 Å². The van der Waals surface area contributed by atoms with Crippen LogP contribution < -0.4 is 9.64 Å².